The Bertz CT molecular complexity index is 1200. The lowest BCUT2D eigenvalue weighted by Crippen LogP contribution is -2.43. The molecule has 0 saturated heterocycles. The minimum absolute atomic E-state index is 0.0345. The fourth-order valence-electron chi connectivity index (χ4n) is 3.58. The van der Waals surface area contributed by atoms with Crippen molar-refractivity contribution in [1.29, 1.82) is 0 Å². The van der Waals surface area contributed by atoms with Crippen LogP contribution in [0.2, 0.25) is 0 Å². The molecule has 3 N–H and O–H groups in total. The Morgan fingerprint density at radius 1 is 0.810 bits per heavy atom. The molecule has 0 aliphatic heterocycles. The molecule has 0 fully saturated rings. The summed E-state index contributed by atoms with van der Waals surface area (Å²) >= 11 is 5.59. The molecule has 17 heteroatoms. The third-order valence-corrected chi connectivity index (χ3v) is 8.48. The van der Waals surface area contributed by atoms with E-state index in [0.717, 1.165) is 6.92 Å². The fraction of sp³-hybridized carbons (Fsp3) is 0.520. The van der Waals surface area contributed by atoms with Crippen molar-refractivity contribution in [2.24, 2.45) is 0 Å². The summed E-state index contributed by atoms with van der Waals surface area (Å²) in [7, 11) is 0. The highest BCUT2D eigenvalue weighted by atomic mass is 127. The van der Waals surface area contributed by atoms with Crippen molar-refractivity contribution < 1.29 is 53.2 Å². The highest BCUT2D eigenvalue weighted by Gasteiger charge is 2.34. The third-order valence-electron chi connectivity index (χ3n) is 5.30. The van der Waals surface area contributed by atoms with Gasteiger partial charge in [-0.15, -0.1) is 0 Å². The number of carbonyl (C=O) groups is 6. The van der Waals surface area contributed by atoms with Gasteiger partial charge in [0.2, 0.25) is 5.91 Å². The molecule has 0 aliphatic carbocycles. The van der Waals surface area contributed by atoms with Gasteiger partial charge in [-0.2, -0.15) is 0 Å². The van der Waals surface area contributed by atoms with E-state index in [-0.39, 0.29) is 73.5 Å². The van der Waals surface area contributed by atoms with Gasteiger partial charge >= 0.3 is 17.9 Å². The predicted octanol–water partition coefficient (Wildman–Crippen LogP) is 1.07. The summed E-state index contributed by atoms with van der Waals surface area (Å²) in [6.45, 7) is 2.99. The second-order valence-corrected chi connectivity index (χ2v) is 11.8. The molecule has 42 heavy (non-hydrogen) atoms. The number of anilines is 1. The van der Waals surface area contributed by atoms with Gasteiger partial charge in [-0.05, 0) is 67.8 Å². The second-order valence-electron chi connectivity index (χ2n) is 8.54. The van der Waals surface area contributed by atoms with E-state index in [1.807, 2.05) is 67.8 Å². The summed E-state index contributed by atoms with van der Waals surface area (Å²) in [5, 5.41) is 21.4. The molecule has 0 aromatic heterocycles. The minimum atomic E-state index is -1.08. The predicted molar refractivity (Wildman–Crippen MR) is 174 cm³/mol. The first-order chi connectivity index (χ1) is 19.7. The van der Waals surface area contributed by atoms with Gasteiger partial charge in [0, 0.05) is 44.4 Å². The van der Waals surface area contributed by atoms with Gasteiger partial charge in [0.1, 0.15) is 13.2 Å². The van der Waals surface area contributed by atoms with Gasteiger partial charge in [-0.25, -0.2) is 0 Å². The number of hydrogen-bond acceptors (Lipinski definition) is 11. The number of hydrogen-bond donors (Lipinski definition) is 3. The number of halogens is 3. The third kappa shape index (κ3) is 11.3. The number of nitrogens with one attached hydrogen (secondary N) is 1. The molecular weight excluding hydrogens is 899 g/mol. The van der Waals surface area contributed by atoms with Crippen molar-refractivity contribution in [3.8, 4) is 0 Å². The SMILES string of the molecule is CC(=O)OCCN(CCO)C(=O)c1c(I)c(C(=O)NCCO)c(I)c(N(CC(COC(C)=O)OC(C)=O)C(C)=O)c1I. The molecule has 234 valence electrons. The standard InChI is InChI=1S/C25H32I3N3O11/c1-13(34)31(11-17(42-16(4)37)12-41-15(3)36)23-21(27)18(24(38)29-5-8-32)20(26)19(22(23)28)25(39)30(6-9-33)7-10-40-14(2)35/h17,32-33H,5-12H2,1-4H3,(H,29,38). The molecule has 1 aromatic rings. The Morgan fingerprint density at radius 3 is 1.90 bits per heavy atom. The van der Waals surface area contributed by atoms with E-state index in [0.29, 0.717) is 0 Å². The Labute approximate surface area is 283 Å². The lowest BCUT2D eigenvalue weighted by molar-refractivity contribution is -0.155. The number of rotatable bonds is 15. The van der Waals surface area contributed by atoms with Crippen molar-refractivity contribution in [2.75, 3.05) is 57.5 Å². The highest BCUT2D eigenvalue weighted by Crippen LogP contribution is 2.39. The van der Waals surface area contributed by atoms with Crippen molar-refractivity contribution in [1.82, 2.24) is 10.2 Å². The van der Waals surface area contributed by atoms with Crippen LogP contribution in [0.25, 0.3) is 0 Å². The Balaban J connectivity index is 3.90. The summed E-state index contributed by atoms with van der Waals surface area (Å²) in [5.41, 5.74) is 0.237. The summed E-state index contributed by atoms with van der Waals surface area (Å²) in [6.07, 6.45) is -1.08. The van der Waals surface area contributed by atoms with Crippen molar-refractivity contribution >= 4 is 109 Å². The molecule has 0 spiro atoms. The van der Waals surface area contributed by atoms with Crippen LogP contribution in [0.4, 0.5) is 5.69 Å². The zero-order valence-corrected chi connectivity index (χ0v) is 29.8. The topological polar surface area (TPSA) is 189 Å². The summed E-state index contributed by atoms with van der Waals surface area (Å²) < 4.78 is 16.0. The molecule has 3 amide bonds. The smallest absolute Gasteiger partial charge is 0.303 e. The molecule has 1 atom stereocenters. The van der Waals surface area contributed by atoms with E-state index >= 15 is 0 Å². The maximum absolute atomic E-state index is 13.9. The van der Waals surface area contributed by atoms with E-state index < -0.39 is 48.3 Å². The first-order valence-corrected chi connectivity index (χ1v) is 15.6. The number of aliphatic hydroxyl groups excluding tert-OH is 2. The number of benzene rings is 1. The van der Waals surface area contributed by atoms with Crippen LogP contribution in [0.15, 0.2) is 0 Å². The number of nitrogens with zero attached hydrogens (tertiary/aromatic N) is 2. The van der Waals surface area contributed by atoms with Gasteiger partial charge in [-0.3, -0.25) is 28.8 Å². The number of carbonyl (C=O) groups excluding carboxylic acids is 6. The Hall–Kier alpha value is -1.85. The van der Waals surface area contributed by atoms with Crippen molar-refractivity contribution in [3.05, 3.63) is 21.8 Å². The van der Waals surface area contributed by atoms with E-state index in [9.17, 15) is 39.0 Å². The van der Waals surface area contributed by atoms with Gasteiger partial charge in [0.25, 0.3) is 11.8 Å². The van der Waals surface area contributed by atoms with Gasteiger partial charge in [0.15, 0.2) is 6.10 Å². The average molecular weight is 931 g/mol. The normalized spacial score (nSPS) is 11.3. The van der Waals surface area contributed by atoms with Gasteiger partial charge in [0.05, 0.1) is 50.3 Å². The van der Waals surface area contributed by atoms with Crippen LogP contribution >= 0.6 is 67.8 Å². The summed E-state index contributed by atoms with van der Waals surface area (Å²) in [4.78, 5) is 77.1. The molecule has 1 rings (SSSR count). The number of esters is 3. The monoisotopic (exact) mass is 931 g/mol. The number of amides is 3. The molecule has 1 aromatic carbocycles. The maximum atomic E-state index is 13.9. The van der Waals surface area contributed by atoms with Crippen LogP contribution in [-0.2, 0) is 33.4 Å². The van der Waals surface area contributed by atoms with E-state index in [4.69, 9.17) is 14.2 Å². The van der Waals surface area contributed by atoms with E-state index in [1.54, 1.807) is 0 Å². The summed E-state index contributed by atoms with van der Waals surface area (Å²) in [6, 6.07) is 0. The largest absolute Gasteiger partial charge is 0.464 e. The van der Waals surface area contributed by atoms with Crippen LogP contribution in [0, 0.1) is 10.7 Å². The lowest BCUT2D eigenvalue weighted by atomic mass is 10.1. The molecule has 0 heterocycles. The highest BCUT2D eigenvalue weighted by molar-refractivity contribution is 14.1. The fourth-order valence-corrected chi connectivity index (χ4v) is 8.28. The van der Waals surface area contributed by atoms with Gasteiger partial charge in [-0.1, -0.05) is 0 Å². The molecule has 0 radical (unpaired) electrons. The van der Waals surface area contributed by atoms with Crippen molar-refractivity contribution in [3.63, 3.8) is 0 Å². The average Bonchev–Trinajstić information content (AvgIpc) is 2.88. The molecule has 1 unspecified atom stereocenters. The lowest BCUT2D eigenvalue weighted by Gasteiger charge is -2.31. The zero-order chi connectivity index (χ0) is 32.1. The van der Waals surface area contributed by atoms with E-state index in [2.05, 4.69) is 5.32 Å². The summed E-state index contributed by atoms with van der Waals surface area (Å²) in [5.74, 6) is -3.64. The van der Waals surface area contributed by atoms with Crippen molar-refractivity contribution in [2.45, 2.75) is 33.8 Å². The van der Waals surface area contributed by atoms with Crippen LogP contribution in [-0.4, -0.2) is 109 Å². The minimum Gasteiger partial charge on any atom is -0.464 e. The van der Waals surface area contributed by atoms with E-state index in [1.165, 1.54) is 30.6 Å². The quantitative estimate of drug-likeness (QED) is 0.130. The molecule has 0 aliphatic rings. The Kier molecular flexibility index (Phi) is 17.0. The molecule has 14 nitrogen and oxygen atoms in total. The number of ether oxygens (including phenoxy) is 3. The number of aliphatic hydroxyl groups is 2. The second kappa shape index (κ2) is 18.7. The van der Waals surface area contributed by atoms with Crippen LogP contribution in [0.5, 0.6) is 0 Å². The van der Waals surface area contributed by atoms with Crippen LogP contribution in [0.1, 0.15) is 48.4 Å². The first-order valence-electron chi connectivity index (χ1n) is 12.4. The maximum Gasteiger partial charge on any atom is 0.303 e. The zero-order valence-electron chi connectivity index (χ0n) is 23.3. The van der Waals surface area contributed by atoms with Crippen LogP contribution < -0.4 is 10.2 Å². The first kappa shape index (κ1) is 38.2. The molecular formula is C25H32I3N3O11. The Morgan fingerprint density at radius 2 is 1.40 bits per heavy atom. The molecule has 0 bridgehead atoms. The van der Waals surface area contributed by atoms with Gasteiger partial charge < -0.3 is 39.5 Å². The molecule has 0 saturated carbocycles. The van der Waals surface area contributed by atoms with Crippen LogP contribution in [0.3, 0.4) is 0 Å².